The molecule has 3 rings (SSSR count). The van der Waals surface area contributed by atoms with Crippen molar-refractivity contribution in [3.63, 3.8) is 0 Å². The van der Waals surface area contributed by atoms with Crippen molar-refractivity contribution < 1.29 is 31.9 Å². The van der Waals surface area contributed by atoms with Crippen LogP contribution >= 0.6 is 0 Å². The molecule has 0 aromatic heterocycles. The fraction of sp³-hybridized carbons (Fsp3) is 0.459. The Morgan fingerprint density at radius 1 is 0.812 bits per heavy atom. The van der Waals surface area contributed by atoms with E-state index in [9.17, 15) is 31.9 Å². The van der Waals surface area contributed by atoms with Crippen LogP contribution in [0.2, 0.25) is 0 Å². The van der Waals surface area contributed by atoms with Gasteiger partial charge in [0.15, 0.2) is 9.84 Å². The number of hydrogen-bond donors (Lipinski definition) is 4. The van der Waals surface area contributed by atoms with Crippen LogP contribution in [0.3, 0.4) is 0 Å². The number of hydrogen-bond acceptors (Lipinski definition) is 6. The average molecular weight is 686 g/mol. The van der Waals surface area contributed by atoms with Gasteiger partial charge in [0.1, 0.15) is 11.6 Å². The molecule has 0 aliphatic carbocycles. The summed E-state index contributed by atoms with van der Waals surface area (Å²) < 4.78 is 55.5. The first-order valence-corrected chi connectivity index (χ1v) is 18.4. The first-order valence-electron chi connectivity index (χ1n) is 16.7. The molecule has 0 saturated heterocycles. The summed E-state index contributed by atoms with van der Waals surface area (Å²) in [5.41, 5.74) is 2.72. The van der Waals surface area contributed by atoms with Gasteiger partial charge in [-0.2, -0.15) is 0 Å². The largest absolute Gasteiger partial charge is 0.390 e. The molecule has 2 amide bonds. The molecule has 0 bridgehead atoms. The first-order chi connectivity index (χ1) is 22.9. The molecule has 0 fully saturated rings. The lowest BCUT2D eigenvalue weighted by molar-refractivity contribution is -0.125. The summed E-state index contributed by atoms with van der Waals surface area (Å²) in [4.78, 5) is 26.8. The molecule has 3 aromatic carbocycles. The Kier molecular flexibility index (Phi) is 15.6. The number of aryl methyl sites for hydroxylation is 1. The Labute approximate surface area is 283 Å². The Balaban J connectivity index is 1.85. The zero-order valence-electron chi connectivity index (χ0n) is 28.1. The summed E-state index contributed by atoms with van der Waals surface area (Å²) >= 11 is 0. The average Bonchev–Trinajstić information content (AvgIpc) is 3.06. The second kappa shape index (κ2) is 19.4. The predicted octanol–water partition coefficient (Wildman–Crippen LogP) is 5.14. The highest BCUT2D eigenvalue weighted by atomic mass is 32.2. The number of rotatable bonds is 20. The minimum atomic E-state index is -3.77. The minimum absolute atomic E-state index is 0.0296. The van der Waals surface area contributed by atoms with Crippen LogP contribution in [-0.2, 0) is 34.0 Å². The number of amides is 2. The standard InChI is InChI=1S/C37H49F2N3O5S/c1-4-11-33(12-5-2)48(46,47)25-30(23-41-36(44)29-15-8-7-9-16-29)37(45)42-34(20-28-18-31(38)21-32(39)19-28)35(43)24-40-22-27-14-10-13-26(6-3)17-27/h7-10,13-19,21,30,33-35,40,43H,4-6,11-12,20,22-25H2,1-3H3,(H,41,44)(H,42,45)/t30?,34-,35-/m0/s1. The van der Waals surface area contributed by atoms with Crippen LogP contribution in [0.1, 0.15) is 73.5 Å². The molecule has 0 radical (unpaired) electrons. The maximum Gasteiger partial charge on any atom is 0.251 e. The van der Waals surface area contributed by atoms with Gasteiger partial charge in [-0.3, -0.25) is 9.59 Å². The van der Waals surface area contributed by atoms with Gasteiger partial charge in [-0.1, -0.05) is 76.1 Å². The second-order valence-corrected chi connectivity index (χ2v) is 14.6. The predicted molar refractivity (Wildman–Crippen MR) is 185 cm³/mol. The van der Waals surface area contributed by atoms with E-state index in [2.05, 4.69) is 22.9 Å². The van der Waals surface area contributed by atoms with E-state index in [-0.39, 0.29) is 25.1 Å². The van der Waals surface area contributed by atoms with Crippen molar-refractivity contribution in [3.05, 3.63) is 107 Å². The van der Waals surface area contributed by atoms with Gasteiger partial charge in [-0.05, 0) is 66.6 Å². The van der Waals surface area contributed by atoms with Crippen molar-refractivity contribution in [3.8, 4) is 0 Å². The van der Waals surface area contributed by atoms with Crippen LogP contribution in [0.4, 0.5) is 8.78 Å². The number of carbonyl (C=O) groups is 2. The fourth-order valence-corrected chi connectivity index (χ4v) is 8.02. The van der Waals surface area contributed by atoms with E-state index in [1.807, 2.05) is 38.1 Å². The molecule has 0 saturated carbocycles. The van der Waals surface area contributed by atoms with Crippen molar-refractivity contribution in [1.82, 2.24) is 16.0 Å². The molecule has 11 heteroatoms. The van der Waals surface area contributed by atoms with Crippen LogP contribution in [0.5, 0.6) is 0 Å². The third-order valence-electron chi connectivity index (χ3n) is 8.33. The monoisotopic (exact) mass is 685 g/mol. The number of benzene rings is 3. The molecule has 8 nitrogen and oxygen atoms in total. The molecule has 262 valence electrons. The Hall–Kier alpha value is -3.67. The van der Waals surface area contributed by atoms with Gasteiger partial charge in [0.25, 0.3) is 5.91 Å². The molecule has 0 heterocycles. The number of nitrogens with one attached hydrogen (secondary N) is 3. The quantitative estimate of drug-likeness (QED) is 0.131. The minimum Gasteiger partial charge on any atom is -0.390 e. The zero-order chi connectivity index (χ0) is 35.1. The third-order valence-corrected chi connectivity index (χ3v) is 10.7. The van der Waals surface area contributed by atoms with E-state index in [1.54, 1.807) is 30.3 Å². The number of sulfone groups is 1. The van der Waals surface area contributed by atoms with Crippen LogP contribution in [0.25, 0.3) is 0 Å². The number of halogens is 2. The number of carbonyl (C=O) groups excluding carboxylic acids is 2. The Morgan fingerprint density at radius 3 is 2.08 bits per heavy atom. The maximum atomic E-state index is 14.1. The van der Waals surface area contributed by atoms with E-state index in [4.69, 9.17) is 0 Å². The molecular weight excluding hydrogens is 636 g/mol. The van der Waals surface area contributed by atoms with Gasteiger partial charge in [0, 0.05) is 31.3 Å². The van der Waals surface area contributed by atoms with Gasteiger partial charge in [-0.15, -0.1) is 0 Å². The van der Waals surface area contributed by atoms with Crippen molar-refractivity contribution in [2.24, 2.45) is 5.92 Å². The lowest BCUT2D eigenvalue weighted by Gasteiger charge is -2.28. The normalized spacial score (nSPS) is 13.6. The zero-order valence-corrected chi connectivity index (χ0v) is 28.9. The molecule has 1 unspecified atom stereocenters. The molecule has 4 N–H and O–H groups in total. The molecule has 48 heavy (non-hydrogen) atoms. The highest BCUT2D eigenvalue weighted by Gasteiger charge is 2.33. The van der Waals surface area contributed by atoms with Gasteiger partial charge in [0.05, 0.1) is 29.1 Å². The Bertz CT molecular complexity index is 1550. The summed E-state index contributed by atoms with van der Waals surface area (Å²) in [5.74, 6) is -4.47. The van der Waals surface area contributed by atoms with Gasteiger partial charge < -0.3 is 21.1 Å². The summed E-state index contributed by atoms with van der Waals surface area (Å²) in [5, 5.41) is 19.3. The van der Waals surface area contributed by atoms with Crippen LogP contribution < -0.4 is 16.0 Å². The van der Waals surface area contributed by atoms with E-state index >= 15 is 0 Å². The highest BCUT2D eigenvalue weighted by Crippen LogP contribution is 2.19. The molecule has 0 aliphatic rings. The maximum absolute atomic E-state index is 14.1. The summed E-state index contributed by atoms with van der Waals surface area (Å²) in [7, 11) is -3.77. The molecule has 3 atom stereocenters. The second-order valence-electron chi connectivity index (χ2n) is 12.3. The summed E-state index contributed by atoms with van der Waals surface area (Å²) in [6.07, 6.45) is 1.73. The van der Waals surface area contributed by atoms with Crippen LogP contribution in [-0.4, -0.2) is 61.6 Å². The van der Waals surface area contributed by atoms with Crippen LogP contribution in [0, 0.1) is 17.6 Å². The Morgan fingerprint density at radius 2 is 1.46 bits per heavy atom. The molecule has 3 aromatic rings. The van der Waals surface area contributed by atoms with Crippen molar-refractivity contribution in [1.29, 1.82) is 0 Å². The van der Waals surface area contributed by atoms with E-state index < -0.39 is 62.4 Å². The smallest absolute Gasteiger partial charge is 0.251 e. The summed E-state index contributed by atoms with van der Waals surface area (Å²) in [6, 6.07) is 18.3. The lowest BCUT2D eigenvalue weighted by atomic mass is 9.99. The van der Waals surface area contributed by atoms with Gasteiger partial charge >= 0.3 is 0 Å². The molecule has 0 aliphatic heterocycles. The van der Waals surface area contributed by atoms with Crippen LogP contribution in [0.15, 0.2) is 72.8 Å². The van der Waals surface area contributed by atoms with Crippen molar-refractivity contribution >= 4 is 21.7 Å². The number of aliphatic hydroxyl groups is 1. The van der Waals surface area contributed by atoms with E-state index in [0.717, 1.165) is 35.7 Å². The van der Waals surface area contributed by atoms with E-state index in [0.29, 0.717) is 37.8 Å². The first kappa shape index (κ1) is 38.8. The van der Waals surface area contributed by atoms with Gasteiger partial charge in [0.2, 0.25) is 5.91 Å². The third kappa shape index (κ3) is 12.4. The van der Waals surface area contributed by atoms with Crippen molar-refractivity contribution in [2.45, 2.75) is 83.2 Å². The molecular formula is C37H49F2N3O5S. The number of aliphatic hydroxyl groups excluding tert-OH is 1. The lowest BCUT2D eigenvalue weighted by Crippen LogP contribution is -2.52. The van der Waals surface area contributed by atoms with E-state index in [1.165, 1.54) is 0 Å². The fourth-order valence-electron chi connectivity index (χ4n) is 5.73. The summed E-state index contributed by atoms with van der Waals surface area (Å²) in [6.45, 7) is 6.05. The SMILES string of the molecule is CCCC(CCC)S(=O)(=O)CC(CNC(=O)c1ccccc1)C(=O)N[C@@H](Cc1cc(F)cc(F)c1)[C@@H](O)CNCc1cccc(CC)c1. The topological polar surface area (TPSA) is 125 Å². The highest BCUT2D eigenvalue weighted by molar-refractivity contribution is 7.92. The van der Waals surface area contributed by atoms with Crippen molar-refractivity contribution in [2.75, 3.05) is 18.8 Å². The van der Waals surface area contributed by atoms with Gasteiger partial charge in [-0.25, -0.2) is 17.2 Å². The molecule has 0 spiro atoms.